The zero-order valence-corrected chi connectivity index (χ0v) is 10.5. The maximum absolute atomic E-state index is 5.87. The van der Waals surface area contributed by atoms with Gasteiger partial charge in [-0.05, 0) is 30.7 Å². The van der Waals surface area contributed by atoms with E-state index in [1.807, 2.05) is 43.5 Å². The smallest absolute Gasteiger partial charge is 0.178 e. The number of rotatable bonds is 1. The highest BCUT2D eigenvalue weighted by atomic mass is 35.5. The van der Waals surface area contributed by atoms with Crippen molar-refractivity contribution in [2.45, 2.75) is 6.92 Å². The third kappa shape index (κ3) is 1.93. The molecule has 0 saturated carbocycles. The highest BCUT2D eigenvalue weighted by molar-refractivity contribution is 6.29. The van der Waals surface area contributed by atoms with Crippen molar-refractivity contribution < 1.29 is 0 Å². The summed E-state index contributed by atoms with van der Waals surface area (Å²) in [5, 5.41) is 1.50. The van der Waals surface area contributed by atoms with Gasteiger partial charge in [0.05, 0.1) is 5.52 Å². The van der Waals surface area contributed by atoms with Gasteiger partial charge in [0.15, 0.2) is 5.82 Å². The second-order valence-corrected chi connectivity index (χ2v) is 4.43. The fourth-order valence-electron chi connectivity index (χ4n) is 1.86. The predicted molar refractivity (Wildman–Crippen MR) is 72.5 cm³/mol. The first-order chi connectivity index (χ1) is 8.74. The molecule has 0 atom stereocenters. The highest BCUT2D eigenvalue weighted by Crippen LogP contribution is 2.20. The van der Waals surface area contributed by atoms with E-state index >= 15 is 0 Å². The molecule has 0 bridgehead atoms. The summed E-state index contributed by atoms with van der Waals surface area (Å²) in [4.78, 5) is 13.1. The molecule has 2 heterocycles. The van der Waals surface area contributed by atoms with E-state index in [-0.39, 0.29) is 0 Å². The van der Waals surface area contributed by atoms with E-state index in [0.717, 1.165) is 16.5 Å². The lowest BCUT2D eigenvalue weighted by atomic mass is 10.1. The molecule has 0 aliphatic heterocycles. The zero-order valence-electron chi connectivity index (χ0n) is 9.76. The Morgan fingerprint density at radius 3 is 2.67 bits per heavy atom. The van der Waals surface area contributed by atoms with Crippen LogP contribution in [0.4, 0.5) is 0 Å². The zero-order chi connectivity index (χ0) is 12.5. The first kappa shape index (κ1) is 11.1. The molecule has 0 spiro atoms. The van der Waals surface area contributed by atoms with Crippen LogP contribution in [-0.2, 0) is 0 Å². The molecule has 3 rings (SSSR count). The molecule has 0 fully saturated rings. The molecule has 0 aliphatic rings. The monoisotopic (exact) mass is 255 g/mol. The average Bonchev–Trinajstić information content (AvgIpc) is 2.39. The van der Waals surface area contributed by atoms with Crippen molar-refractivity contribution >= 4 is 22.5 Å². The van der Waals surface area contributed by atoms with Crippen molar-refractivity contribution in [3.05, 3.63) is 53.3 Å². The lowest BCUT2D eigenvalue weighted by Crippen LogP contribution is -1.93. The maximum Gasteiger partial charge on any atom is 0.178 e. The minimum Gasteiger partial charge on any atom is -0.235 e. The fraction of sp³-hybridized carbons (Fsp3) is 0.0714. The number of nitrogens with zero attached hydrogens (tertiary/aromatic N) is 3. The topological polar surface area (TPSA) is 38.7 Å². The second-order valence-electron chi connectivity index (χ2n) is 4.05. The molecule has 18 heavy (non-hydrogen) atoms. The van der Waals surface area contributed by atoms with Crippen LogP contribution < -0.4 is 0 Å². The molecular weight excluding hydrogens is 246 g/mol. The van der Waals surface area contributed by atoms with Gasteiger partial charge in [-0.3, -0.25) is 0 Å². The van der Waals surface area contributed by atoms with Crippen LogP contribution in [0.1, 0.15) is 5.56 Å². The van der Waals surface area contributed by atoms with E-state index in [9.17, 15) is 0 Å². The molecule has 0 N–H and O–H groups in total. The van der Waals surface area contributed by atoms with Crippen LogP contribution in [0.15, 0.2) is 42.6 Å². The standard InChI is InChI=1S/C14H10ClN3/c1-9-4-2-5-11-10(9)8-16-14(18-11)12-6-3-7-13(15)17-12/h2-8H,1H3. The van der Waals surface area contributed by atoms with Crippen molar-refractivity contribution in [2.75, 3.05) is 0 Å². The molecule has 2 aromatic heterocycles. The number of halogens is 1. The summed E-state index contributed by atoms with van der Waals surface area (Å²) in [5.74, 6) is 0.593. The normalized spacial score (nSPS) is 10.8. The Hall–Kier alpha value is -2.00. The van der Waals surface area contributed by atoms with E-state index in [1.54, 1.807) is 6.07 Å². The largest absolute Gasteiger partial charge is 0.235 e. The molecule has 3 aromatic rings. The van der Waals surface area contributed by atoms with Gasteiger partial charge in [-0.1, -0.05) is 29.8 Å². The van der Waals surface area contributed by atoms with Gasteiger partial charge < -0.3 is 0 Å². The van der Waals surface area contributed by atoms with Crippen LogP contribution in [0.5, 0.6) is 0 Å². The van der Waals surface area contributed by atoms with Crippen LogP contribution in [0, 0.1) is 6.92 Å². The van der Waals surface area contributed by atoms with E-state index in [4.69, 9.17) is 11.6 Å². The number of pyridine rings is 1. The van der Waals surface area contributed by atoms with Crippen molar-refractivity contribution in [3.8, 4) is 11.5 Å². The maximum atomic E-state index is 5.87. The Kier molecular flexibility index (Phi) is 2.68. The number of hydrogen-bond donors (Lipinski definition) is 0. The van der Waals surface area contributed by atoms with Gasteiger partial charge >= 0.3 is 0 Å². The molecule has 4 heteroatoms. The third-order valence-electron chi connectivity index (χ3n) is 2.79. The van der Waals surface area contributed by atoms with E-state index in [1.165, 1.54) is 0 Å². The first-order valence-corrected chi connectivity index (χ1v) is 5.97. The molecule has 0 aliphatic carbocycles. The van der Waals surface area contributed by atoms with Crippen LogP contribution >= 0.6 is 11.6 Å². The van der Waals surface area contributed by atoms with E-state index in [2.05, 4.69) is 15.0 Å². The van der Waals surface area contributed by atoms with Crippen molar-refractivity contribution in [3.63, 3.8) is 0 Å². The molecule has 3 nitrogen and oxygen atoms in total. The van der Waals surface area contributed by atoms with Crippen molar-refractivity contribution in [1.82, 2.24) is 15.0 Å². The minimum absolute atomic E-state index is 0.445. The lowest BCUT2D eigenvalue weighted by Gasteiger charge is -2.03. The third-order valence-corrected chi connectivity index (χ3v) is 3.00. The number of aryl methyl sites for hydroxylation is 1. The second kappa shape index (κ2) is 4.35. The summed E-state index contributed by atoms with van der Waals surface area (Å²) in [5.41, 5.74) is 2.77. The molecule has 1 aromatic carbocycles. The quantitative estimate of drug-likeness (QED) is 0.623. The van der Waals surface area contributed by atoms with Gasteiger partial charge in [0, 0.05) is 11.6 Å². The van der Waals surface area contributed by atoms with Crippen LogP contribution in [0.25, 0.3) is 22.4 Å². The van der Waals surface area contributed by atoms with Gasteiger partial charge in [-0.15, -0.1) is 0 Å². The Morgan fingerprint density at radius 1 is 1.00 bits per heavy atom. The lowest BCUT2D eigenvalue weighted by molar-refractivity contribution is 1.17. The van der Waals surface area contributed by atoms with Crippen LogP contribution in [0.2, 0.25) is 5.15 Å². The van der Waals surface area contributed by atoms with Crippen LogP contribution in [0.3, 0.4) is 0 Å². The fourth-order valence-corrected chi connectivity index (χ4v) is 2.02. The minimum atomic E-state index is 0.445. The Balaban J connectivity index is 2.20. The molecule has 88 valence electrons. The number of benzene rings is 1. The number of fused-ring (bicyclic) bond motifs is 1. The van der Waals surface area contributed by atoms with Crippen molar-refractivity contribution in [2.24, 2.45) is 0 Å². The molecule has 0 radical (unpaired) electrons. The van der Waals surface area contributed by atoms with Gasteiger partial charge in [0.25, 0.3) is 0 Å². The Bertz CT molecular complexity index is 725. The summed E-state index contributed by atoms with van der Waals surface area (Å²) in [6, 6.07) is 11.4. The van der Waals surface area contributed by atoms with E-state index < -0.39 is 0 Å². The average molecular weight is 256 g/mol. The van der Waals surface area contributed by atoms with Gasteiger partial charge in [-0.2, -0.15) is 0 Å². The van der Waals surface area contributed by atoms with E-state index in [0.29, 0.717) is 16.7 Å². The van der Waals surface area contributed by atoms with Crippen molar-refractivity contribution in [1.29, 1.82) is 0 Å². The summed E-state index contributed by atoms with van der Waals surface area (Å²) in [7, 11) is 0. The Labute approximate surface area is 109 Å². The van der Waals surface area contributed by atoms with Crippen LogP contribution in [-0.4, -0.2) is 15.0 Å². The summed E-state index contributed by atoms with van der Waals surface area (Å²) >= 11 is 5.87. The molecule has 0 unspecified atom stereocenters. The van der Waals surface area contributed by atoms with Gasteiger partial charge in [0.1, 0.15) is 10.8 Å². The predicted octanol–water partition coefficient (Wildman–Crippen LogP) is 3.65. The van der Waals surface area contributed by atoms with Gasteiger partial charge in [-0.25, -0.2) is 15.0 Å². The Morgan fingerprint density at radius 2 is 1.83 bits per heavy atom. The van der Waals surface area contributed by atoms with Gasteiger partial charge in [0.2, 0.25) is 0 Å². The summed E-state index contributed by atoms with van der Waals surface area (Å²) in [6.07, 6.45) is 1.83. The number of aromatic nitrogens is 3. The summed E-state index contributed by atoms with van der Waals surface area (Å²) < 4.78 is 0. The molecule has 0 saturated heterocycles. The first-order valence-electron chi connectivity index (χ1n) is 5.59. The molecular formula is C14H10ClN3. The summed E-state index contributed by atoms with van der Waals surface area (Å²) in [6.45, 7) is 2.04. The SMILES string of the molecule is Cc1cccc2nc(-c3cccc(Cl)n3)ncc12. The highest BCUT2D eigenvalue weighted by Gasteiger charge is 2.05. The molecule has 0 amide bonds. The number of hydrogen-bond acceptors (Lipinski definition) is 3.